The Balaban J connectivity index is 1.30. The van der Waals surface area contributed by atoms with E-state index < -0.39 is 0 Å². The largest absolute Gasteiger partial charge is 0.367 e. The van der Waals surface area contributed by atoms with Gasteiger partial charge in [0.1, 0.15) is 0 Å². The first-order chi connectivity index (χ1) is 14.3. The summed E-state index contributed by atoms with van der Waals surface area (Å²) < 4.78 is 0. The first kappa shape index (κ1) is 18.7. The fourth-order valence-electron chi connectivity index (χ4n) is 3.84. The molecule has 1 saturated heterocycles. The lowest BCUT2D eigenvalue weighted by atomic mass is 10.1. The van der Waals surface area contributed by atoms with Crippen molar-refractivity contribution in [1.29, 1.82) is 0 Å². The van der Waals surface area contributed by atoms with E-state index in [9.17, 15) is 4.79 Å². The van der Waals surface area contributed by atoms with Gasteiger partial charge in [-0.1, -0.05) is 18.2 Å². The van der Waals surface area contributed by atoms with Crippen molar-refractivity contribution in [3.8, 4) is 0 Å². The first-order valence-electron chi connectivity index (χ1n) is 9.83. The minimum Gasteiger partial charge on any atom is -0.367 e. The molecule has 2 N–H and O–H groups in total. The number of amides is 1. The highest BCUT2D eigenvalue weighted by molar-refractivity contribution is 8.00. The van der Waals surface area contributed by atoms with Gasteiger partial charge in [-0.05, 0) is 36.2 Å². The molecule has 1 aromatic carbocycles. The molecule has 2 aliphatic heterocycles. The number of carbonyl (C=O) groups is 1. The summed E-state index contributed by atoms with van der Waals surface area (Å²) in [5.41, 5.74) is 3.21. The van der Waals surface area contributed by atoms with E-state index >= 15 is 0 Å². The summed E-state index contributed by atoms with van der Waals surface area (Å²) >= 11 is 3.49. The Morgan fingerprint density at radius 1 is 1.14 bits per heavy atom. The summed E-state index contributed by atoms with van der Waals surface area (Å²) in [6.45, 7) is 3.75. The normalized spacial score (nSPS) is 18.5. The highest BCUT2D eigenvalue weighted by atomic mass is 32.2. The van der Waals surface area contributed by atoms with Crippen molar-refractivity contribution >= 4 is 40.4 Å². The van der Waals surface area contributed by atoms with Gasteiger partial charge in [0.25, 0.3) is 5.91 Å². The number of rotatable bonds is 4. The molecule has 0 saturated carbocycles. The van der Waals surface area contributed by atoms with Crippen LogP contribution >= 0.6 is 23.1 Å². The quantitative estimate of drug-likeness (QED) is 0.660. The number of benzene rings is 1. The lowest BCUT2D eigenvalue weighted by Crippen LogP contribution is -2.43. The highest BCUT2D eigenvalue weighted by Crippen LogP contribution is 2.48. The van der Waals surface area contributed by atoms with Crippen molar-refractivity contribution < 1.29 is 4.79 Å². The van der Waals surface area contributed by atoms with Gasteiger partial charge in [-0.15, -0.1) is 23.1 Å². The molecule has 0 radical (unpaired) electrons. The molecule has 1 atom stereocenters. The molecule has 5 rings (SSSR count). The number of thiophene rings is 1. The van der Waals surface area contributed by atoms with E-state index in [2.05, 4.69) is 50.8 Å². The van der Waals surface area contributed by atoms with Crippen LogP contribution in [0.2, 0.25) is 0 Å². The van der Waals surface area contributed by atoms with Crippen molar-refractivity contribution in [2.24, 2.45) is 0 Å². The van der Waals surface area contributed by atoms with Crippen LogP contribution in [0.5, 0.6) is 0 Å². The molecule has 0 spiro atoms. The zero-order chi connectivity index (χ0) is 19.6. The molecule has 1 fully saturated rings. The van der Waals surface area contributed by atoms with E-state index in [0.29, 0.717) is 5.25 Å². The first-order valence-corrected chi connectivity index (χ1v) is 11.5. The van der Waals surface area contributed by atoms with Crippen molar-refractivity contribution in [2.45, 2.75) is 16.6 Å². The monoisotopic (exact) mass is 422 g/mol. The number of hydrogen-bond donors (Lipinski definition) is 2. The van der Waals surface area contributed by atoms with E-state index in [1.54, 1.807) is 23.7 Å². The number of nitrogens with zero attached hydrogens (tertiary/aromatic N) is 2. The van der Waals surface area contributed by atoms with Gasteiger partial charge >= 0.3 is 0 Å². The second kappa shape index (κ2) is 8.18. The lowest BCUT2D eigenvalue weighted by Gasteiger charge is -2.30. The topological polar surface area (TPSA) is 57.3 Å². The average molecular weight is 423 g/mol. The Morgan fingerprint density at radius 2 is 2.00 bits per heavy atom. The summed E-state index contributed by atoms with van der Waals surface area (Å²) in [6.07, 6.45) is 4.55. The molecule has 7 heteroatoms. The summed E-state index contributed by atoms with van der Waals surface area (Å²) in [7, 11) is 0. The van der Waals surface area contributed by atoms with E-state index in [0.717, 1.165) is 48.9 Å². The maximum Gasteiger partial charge on any atom is 0.265 e. The molecule has 4 heterocycles. The van der Waals surface area contributed by atoms with Crippen molar-refractivity contribution in [3.63, 3.8) is 0 Å². The molecule has 3 aromatic rings. The van der Waals surface area contributed by atoms with Crippen LogP contribution in [0.3, 0.4) is 0 Å². The molecule has 148 valence electrons. The van der Waals surface area contributed by atoms with Crippen LogP contribution in [0.4, 0.5) is 11.4 Å². The minimum absolute atomic E-state index is 0.0638. The van der Waals surface area contributed by atoms with Crippen LogP contribution in [0.15, 0.2) is 59.8 Å². The number of piperazine rings is 1. The van der Waals surface area contributed by atoms with Crippen molar-refractivity contribution in [2.75, 3.05) is 36.4 Å². The molecule has 1 unspecified atom stereocenters. The molecule has 5 nitrogen and oxygen atoms in total. The van der Waals surface area contributed by atoms with Gasteiger partial charge in [-0.3, -0.25) is 9.78 Å². The zero-order valence-electron chi connectivity index (χ0n) is 15.9. The molecule has 1 amide bonds. The Hall–Kier alpha value is -2.35. The molecular weight excluding hydrogens is 400 g/mol. The van der Waals surface area contributed by atoms with Gasteiger partial charge in [-0.2, -0.15) is 0 Å². The predicted octanol–water partition coefficient (Wildman–Crippen LogP) is 4.19. The van der Waals surface area contributed by atoms with Crippen LogP contribution in [-0.2, 0) is 6.42 Å². The van der Waals surface area contributed by atoms with Crippen LogP contribution in [0.1, 0.15) is 25.4 Å². The van der Waals surface area contributed by atoms with Gasteiger partial charge < -0.3 is 15.5 Å². The predicted molar refractivity (Wildman–Crippen MR) is 120 cm³/mol. The molecule has 0 aliphatic carbocycles. The number of anilines is 2. The van der Waals surface area contributed by atoms with E-state index in [1.165, 1.54) is 15.3 Å². The number of thioether (sulfide) groups is 1. The van der Waals surface area contributed by atoms with E-state index in [-0.39, 0.29) is 5.91 Å². The van der Waals surface area contributed by atoms with Crippen LogP contribution in [-0.4, -0.2) is 37.1 Å². The standard InChI is InChI=1S/C22H22N4OS2/c27-22(25-16-14-24-8-7-17(16)26-11-9-23-10-12-26)20-6-5-19(29-20)21-13-15-3-1-2-4-18(15)28-21/h1-8,14,21,23H,9-13H2,(H,25,27). The Labute approximate surface area is 178 Å². The summed E-state index contributed by atoms with van der Waals surface area (Å²) in [5, 5.41) is 6.84. The number of nitrogens with one attached hydrogen (secondary N) is 2. The van der Waals surface area contributed by atoms with Crippen LogP contribution in [0, 0.1) is 0 Å². The average Bonchev–Trinajstić information content (AvgIpc) is 3.42. The fraction of sp³-hybridized carbons (Fsp3) is 0.273. The van der Waals surface area contributed by atoms with Crippen LogP contribution < -0.4 is 15.5 Å². The number of aromatic nitrogens is 1. The SMILES string of the molecule is O=C(Nc1cnccc1N1CCNCC1)c1ccc(C2Cc3ccccc3S2)s1. The zero-order valence-corrected chi connectivity index (χ0v) is 17.6. The molecule has 29 heavy (non-hydrogen) atoms. The summed E-state index contributed by atoms with van der Waals surface area (Å²) in [6, 6.07) is 14.6. The van der Waals surface area contributed by atoms with E-state index in [1.807, 2.05) is 23.9 Å². The summed E-state index contributed by atoms with van der Waals surface area (Å²) in [5.74, 6) is -0.0638. The third kappa shape index (κ3) is 3.90. The minimum atomic E-state index is -0.0638. The van der Waals surface area contributed by atoms with E-state index in [4.69, 9.17) is 0 Å². The maximum absolute atomic E-state index is 12.9. The second-order valence-corrected chi connectivity index (χ2v) is 9.56. The molecule has 2 aliphatic rings. The van der Waals surface area contributed by atoms with Gasteiger partial charge in [0.05, 0.1) is 22.4 Å². The Kier molecular flexibility index (Phi) is 5.26. The lowest BCUT2D eigenvalue weighted by molar-refractivity contribution is 0.103. The fourth-order valence-corrected chi connectivity index (χ4v) is 6.23. The third-order valence-electron chi connectivity index (χ3n) is 5.32. The smallest absolute Gasteiger partial charge is 0.265 e. The highest BCUT2D eigenvalue weighted by Gasteiger charge is 2.25. The van der Waals surface area contributed by atoms with Gasteiger partial charge in [0.2, 0.25) is 0 Å². The Bertz CT molecular complexity index is 1000. The van der Waals surface area contributed by atoms with Crippen LogP contribution in [0.25, 0.3) is 0 Å². The number of carbonyl (C=O) groups excluding carboxylic acids is 1. The maximum atomic E-state index is 12.9. The van der Waals surface area contributed by atoms with Gasteiger partial charge in [0.15, 0.2) is 0 Å². The van der Waals surface area contributed by atoms with Gasteiger partial charge in [0, 0.05) is 47.4 Å². The Morgan fingerprint density at radius 3 is 2.86 bits per heavy atom. The number of pyridine rings is 1. The second-order valence-electron chi connectivity index (χ2n) is 7.20. The molecule has 0 bridgehead atoms. The number of fused-ring (bicyclic) bond motifs is 1. The number of hydrogen-bond acceptors (Lipinski definition) is 6. The third-order valence-corrected chi connectivity index (χ3v) is 8.02. The van der Waals surface area contributed by atoms with Crippen molar-refractivity contribution in [1.82, 2.24) is 10.3 Å². The van der Waals surface area contributed by atoms with Crippen molar-refractivity contribution in [3.05, 3.63) is 70.2 Å². The summed E-state index contributed by atoms with van der Waals surface area (Å²) in [4.78, 5) is 22.8. The molecular formula is C22H22N4OS2. The van der Waals surface area contributed by atoms with Gasteiger partial charge in [-0.25, -0.2) is 0 Å². The molecule has 2 aromatic heterocycles.